The summed E-state index contributed by atoms with van der Waals surface area (Å²) in [6.45, 7) is 4.79. The van der Waals surface area contributed by atoms with Crippen molar-refractivity contribution in [1.29, 1.82) is 0 Å². The number of likely N-dealkylation sites (tertiary alicyclic amines) is 1. The standard InChI is InChI=1S/C18H23N9O/c1-2-27-16(10-26-12-20-11-22-26)23-24-17(27)13-5-7-25(8-6-13)18(28)14-3-4-15(19)21-9-14/h3-4,9,11-13H,2,5-8,10H2,1H3,(H2,19,21). The van der Waals surface area contributed by atoms with Gasteiger partial charge >= 0.3 is 0 Å². The van der Waals surface area contributed by atoms with Crippen LogP contribution in [0, 0.1) is 0 Å². The second kappa shape index (κ2) is 7.75. The van der Waals surface area contributed by atoms with Gasteiger partial charge < -0.3 is 15.2 Å². The van der Waals surface area contributed by atoms with E-state index in [1.807, 2.05) is 4.90 Å². The molecule has 1 aliphatic rings. The monoisotopic (exact) mass is 381 g/mol. The molecular formula is C18H23N9O. The summed E-state index contributed by atoms with van der Waals surface area (Å²) >= 11 is 0. The Labute approximate surface area is 162 Å². The molecule has 1 fully saturated rings. The number of carbonyl (C=O) groups excluding carboxylic acids is 1. The minimum absolute atomic E-state index is 0.00483. The number of rotatable bonds is 5. The Bertz CT molecular complexity index is 925. The van der Waals surface area contributed by atoms with Crippen LogP contribution in [0.25, 0.3) is 0 Å². The van der Waals surface area contributed by atoms with Gasteiger partial charge in [0.1, 0.15) is 30.8 Å². The fourth-order valence-electron chi connectivity index (χ4n) is 3.63. The summed E-state index contributed by atoms with van der Waals surface area (Å²) in [6, 6.07) is 3.38. The van der Waals surface area contributed by atoms with Crippen LogP contribution in [-0.4, -0.2) is 58.4 Å². The van der Waals surface area contributed by atoms with Gasteiger partial charge in [0.05, 0.1) is 5.56 Å². The molecule has 3 aromatic rings. The maximum atomic E-state index is 12.7. The van der Waals surface area contributed by atoms with Gasteiger partial charge in [0.2, 0.25) is 0 Å². The van der Waals surface area contributed by atoms with Gasteiger partial charge in [0.25, 0.3) is 5.91 Å². The number of aromatic nitrogens is 7. The Morgan fingerprint density at radius 3 is 2.71 bits per heavy atom. The average Bonchev–Trinajstić information content (AvgIpc) is 3.38. The fourth-order valence-corrected chi connectivity index (χ4v) is 3.63. The minimum atomic E-state index is -0.00483. The molecule has 4 heterocycles. The van der Waals surface area contributed by atoms with E-state index >= 15 is 0 Å². The quantitative estimate of drug-likeness (QED) is 0.698. The molecule has 0 aliphatic carbocycles. The first-order valence-electron chi connectivity index (χ1n) is 9.41. The first-order valence-corrected chi connectivity index (χ1v) is 9.41. The number of hydrogen-bond donors (Lipinski definition) is 1. The van der Waals surface area contributed by atoms with E-state index in [-0.39, 0.29) is 11.8 Å². The van der Waals surface area contributed by atoms with Gasteiger partial charge in [-0.15, -0.1) is 10.2 Å². The van der Waals surface area contributed by atoms with Gasteiger partial charge in [0.15, 0.2) is 5.82 Å². The van der Waals surface area contributed by atoms with E-state index in [1.54, 1.807) is 23.1 Å². The van der Waals surface area contributed by atoms with E-state index in [4.69, 9.17) is 5.73 Å². The second-order valence-electron chi connectivity index (χ2n) is 6.85. The molecule has 0 aromatic carbocycles. The van der Waals surface area contributed by atoms with E-state index < -0.39 is 0 Å². The summed E-state index contributed by atoms with van der Waals surface area (Å²) in [5, 5.41) is 13.0. The Morgan fingerprint density at radius 1 is 1.25 bits per heavy atom. The van der Waals surface area contributed by atoms with E-state index in [2.05, 4.69) is 36.8 Å². The van der Waals surface area contributed by atoms with E-state index in [1.165, 1.54) is 12.5 Å². The highest BCUT2D eigenvalue weighted by atomic mass is 16.2. The Kier molecular flexibility index (Phi) is 5.00. The molecule has 28 heavy (non-hydrogen) atoms. The lowest BCUT2D eigenvalue weighted by molar-refractivity contribution is 0.0710. The topological polar surface area (TPSA) is 121 Å². The number of nitrogens with zero attached hydrogens (tertiary/aromatic N) is 8. The van der Waals surface area contributed by atoms with Crippen molar-refractivity contribution in [3.8, 4) is 0 Å². The predicted octanol–water partition coefficient (Wildman–Crippen LogP) is 0.935. The molecule has 3 aromatic heterocycles. The molecule has 10 nitrogen and oxygen atoms in total. The first-order chi connectivity index (χ1) is 13.7. The molecule has 10 heteroatoms. The van der Waals surface area contributed by atoms with Crippen LogP contribution in [0.3, 0.4) is 0 Å². The first kappa shape index (κ1) is 18.1. The molecule has 1 saturated heterocycles. The minimum Gasteiger partial charge on any atom is -0.384 e. The van der Waals surface area contributed by atoms with Crippen molar-refractivity contribution in [1.82, 2.24) is 39.4 Å². The van der Waals surface area contributed by atoms with Gasteiger partial charge in [-0.3, -0.25) is 4.79 Å². The number of nitrogen functional groups attached to an aromatic ring is 1. The van der Waals surface area contributed by atoms with Crippen molar-refractivity contribution in [3.63, 3.8) is 0 Å². The lowest BCUT2D eigenvalue weighted by Gasteiger charge is -2.31. The fraction of sp³-hybridized carbons (Fsp3) is 0.444. The summed E-state index contributed by atoms with van der Waals surface area (Å²) < 4.78 is 3.88. The third-order valence-electron chi connectivity index (χ3n) is 5.12. The van der Waals surface area contributed by atoms with Crippen molar-refractivity contribution in [2.75, 3.05) is 18.8 Å². The largest absolute Gasteiger partial charge is 0.384 e. The van der Waals surface area contributed by atoms with Gasteiger partial charge in [-0.2, -0.15) is 5.10 Å². The molecule has 0 bridgehead atoms. The average molecular weight is 381 g/mol. The molecular weight excluding hydrogens is 358 g/mol. The smallest absolute Gasteiger partial charge is 0.255 e. The molecule has 0 spiro atoms. The van der Waals surface area contributed by atoms with Crippen LogP contribution < -0.4 is 5.73 Å². The number of anilines is 1. The third kappa shape index (κ3) is 3.57. The van der Waals surface area contributed by atoms with Gasteiger partial charge in [-0.1, -0.05) is 0 Å². The zero-order valence-corrected chi connectivity index (χ0v) is 15.8. The van der Waals surface area contributed by atoms with Crippen LogP contribution in [0.2, 0.25) is 0 Å². The summed E-state index contributed by atoms with van der Waals surface area (Å²) in [5.41, 5.74) is 6.17. The van der Waals surface area contributed by atoms with Gasteiger partial charge in [-0.05, 0) is 31.9 Å². The van der Waals surface area contributed by atoms with Crippen LogP contribution in [0.5, 0.6) is 0 Å². The highest BCUT2D eigenvalue weighted by molar-refractivity contribution is 5.94. The summed E-state index contributed by atoms with van der Waals surface area (Å²) in [4.78, 5) is 22.5. The third-order valence-corrected chi connectivity index (χ3v) is 5.12. The number of amides is 1. The molecule has 2 N–H and O–H groups in total. The number of hydrogen-bond acceptors (Lipinski definition) is 7. The Balaban J connectivity index is 1.43. The number of nitrogens with two attached hydrogens (primary N) is 1. The highest BCUT2D eigenvalue weighted by Gasteiger charge is 2.28. The Hall–Kier alpha value is -3.30. The number of pyridine rings is 1. The van der Waals surface area contributed by atoms with Crippen molar-refractivity contribution < 1.29 is 4.79 Å². The lowest BCUT2D eigenvalue weighted by atomic mass is 9.95. The van der Waals surface area contributed by atoms with Crippen molar-refractivity contribution >= 4 is 11.7 Å². The van der Waals surface area contributed by atoms with Gasteiger partial charge in [0, 0.05) is 31.7 Å². The van der Waals surface area contributed by atoms with Crippen LogP contribution in [0.1, 0.15) is 47.7 Å². The maximum Gasteiger partial charge on any atom is 0.255 e. The van der Waals surface area contributed by atoms with Crippen molar-refractivity contribution in [2.45, 2.75) is 38.8 Å². The molecule has 146 valence electrons. The SMILES string of the molecule is CCn1c(Cn2cncn2)nnc1C1CCN(C(=O)c2ccc(N)nc2)CC1. The number of carbonyl (C=O) groups is 1. The molecule has 0 saturated carbocycles. The van der Waals surface area contributed by atoms with Crippen molar-refractivity contribution in [2.24, 2.45) is 0 Å². The molecule has 0 atom stereocenters. The Morgan fingerprint density at radius 2 is 2.07 bits per heavy atom. The van der Waals surface area contributed by atoms with Crippen LogP contribution >= 0.6 is 0 Å². The molecule has 4 rings (SSSR count). The summed E-state index contributed by atoms with van der Waals surface area (Å²) in [7, 11) is 0. The predicted molar refractivity (Wildman–Crippen MR) is 101 cm³/mol. The highest BCUT2D eigenvalue weighted by Crippen LogP contribution is 2.28. The molecule has 1 aliphatic heterocycles. The van der Waals surface area contributed by atoms with E-state index in [0.29, 0.717) is 31.0 Å². The zero-order chi connectivity index (χ0) is 19.5. The van der Waals surface area contributed by atoms with Crippen LogP contribution in [0.15, 0.2) is 31.0 Å². The van der Waals surface area contributed by atoms with Crippen molar-refractivity contribution in [3.05, 3.63) is 48.2 Å². The van der Waals surface area contributed by atoms with Crippen LogP contribution in [0.4, 0.5) is 5.82 Å². The maximum absolute atomic E-state index is 12.7. The summed E-state index contributed by atoms with van der Waals surface area (Å²) in [6.07, 6.45) is 6.43. The molecule has 1 amide bonds. The van der Waals surface area contributed by atoms with E-state index in [9.17, 15) is 4.79 Å². The van der Waals surface area contributed by atoms with E-state index in [0.717, 1.165) is 31.0 Å². The number of piperidine rings is 1. The van der Waals surface area contributed by atoms with Crippen LogP contribution in [-0.2, 0) is 13.1 Å². The molecule has 0 radical (unpaired) electrons. The summed E-state index contributed by atoms with van der Waals surface area (Å²) in [5.74, 6) is 2.55. The molecule has 0 unspecified atom stereocenters. The lowest BCUT2D eigenvalue weighted by Crippen LogP contribution is -2.38. The zero-order valence-electron chi connectivity index (χ0n) is 15.8. The van der Waals surface area contributed by atoms with Gasteiger partial charge in [-0.25, -0.2) is 14.6 Å². The second-order valence-corrected chi connectivity index (χ2v) is 6.85. The normalized spacial score (nSPS) is 15.1.